The van der Waals surface area contributed by atoms with Crippen LogP contribution in [0.5, 0.6) is 0 Å². The molecular weight excluding hydrogens is 173 g/mol. The number of hydrogen-bond donors (Lipinski definition) is 2. The van der Waals surface area contributed by atoms with Gasteiger partial charge in [0.1, 0.15) is 0 Å². The van der Waals surface area contributed by atoms with E-state index >= 15 is 0 Å². The molecule has 0 aliphatic heterocycles. The molecule has 0 aromatic rings. The van der Waals surface area contributed by atoms with Crippen molar-refractivity contribution in [3.8, 4) is 0 Å². The van der Waals surface area contributed by atoms with Gasteiger partial charge in [0.15, 0.2) is 0 Å². The van der Waals surface area contributed by atoms with Crippen LogP contribution in [-0.4, -0.2) is 29.1 Å². The zero-order valence-corrected chi connectivity index (χ0v) is 6.43. The minimum Gasteiger partial charge on any atom is -0.395 e. The van der Waals surface area contributed by atoms with Gasteiger partial charge in [0.05, 0.1) is 18.1 Å². The maximum Gasteiger partial charge on any atom is 0.396 e. The monoisotopic (exact) mass is 184 g/mol. The Bertz CT molecular complexity index is 169. The molecule has 72 valence electrons. The van der Waals surface area contributed by atoms with Gasteiger partial charge < -0.3 is 10.2 Å². The smallest absolute Gasteiger partial charge is 0.395 e. The van der Waals surface area contributed by atoms with E-state index in [9.17, 15) is 13.2 Å². The zero-order valence-electron chi connectivity index (χ0n) is 6.43. The van der Waals surface area contributed by atoms with Crippen molar-refractivity contribution >= 4 is 0 Å². The van der Waals surface area contributed by atoms with Crippen LogP contribution in [0.25, 0.3) is 0 Å². The summed E-state index contributed by atoms with van der Waals surface area (Å²) in [5.41, 5.74) is -2.05. The lowest BCUT2D eigenvalue weighted by Gasteiger charge is -2.29. The molecule has 0 aromatic carbocycles. The Balaban J connectivity index is 2.78. The lowest BCUT2D eigenvalue weighted by Crippen LogP contribution is -2.39. The summed E-state index contributed by atoms with van der Waals surface area (Å²) < 4.78 is 37.0. The van der Waals surface area contributed by atoms with E-state index in [0.717, 1.165) is 0 Å². The first-order valence-corrected chi connectivity index (χ1v) is 3.77. The van der Waals surface area contributed by atoms with E-state index in [0.29, 0.717) is 0 Å². The third-order valence-corrected chi connectivity index (χ3v) is 2.49. The molecular formula is C7H11F3O2. The van der Waals surface area contributed by atoms with E-state index in [2.05, 4.69) is 0 Å². The molecule has 0 aromatic heterocycles. The SMILES string of the molecule is OC[C@]1(C(F)(F)F)CC[C@H](O)C1. The van der Waals surface area contributed by atoms with Crippen molar-refractivity contribution in [1.29, 1.82) is 0 Å². The Morgan fingerprint density at radius 2 is 2.00 bits per heavy atom. The van der Waals surface area contributed by atoms with Crippen LogP contribution < -0.4 is 0 Å². The highest BCUT2D eigenvalue weighted by atomic mass is 19.4. The second-order valence-corrected chi connectivity index (χ2v) is 3.33. The summed E-state index contributed by atoms with van der Waals surface area (Å²) in [6, 6.07) is 0. The maximum atomic E-state index is 12.3. The van der Waals surface area contributed by atoms with Crippen LogP contribution in [0.4, 0.5) is 13.2 Å². The van der Waals surface area contributed by atoms with Crippen molar-refractivity contribution in [3.63, 3.8) is 0 Å². The van der Waals surface area contributed by atoms with Gasteiger partial charge in [-0.1, -0.05) is 0 Å². The molecule has 2 N–H and O–H groups in total. The van der Waals surface area contributed by atoms with Gasteiger partial charge in [-0.25, -0.2) is 0 Å². The van der Waals surface area contributed by atoms with Crippen molar-refractivity contribution in [2.45, 2.75) is 31.5 Å². The Labute approximate surface area is 68.0 Å². The van der Waals surface area contributed by atoms with Crippen molar-refractivity contribution in [2.24, 2.45) is 5.41 Å². The summed E-state index contributed by atoms with van der Waals surface area (Å²) in [6.07, 6.45) is -5.74. The fourth-order valence-corrected chi connectivity index (χ4v) is 1.59. The highest BCUT2D eigenvalue weighted by Crippen LogP contribution is 2.49. The zero-order chi connectivity index (χ0) is 9.41. The summed E-state index contributed by atoms with van der Waals surface area (Å²) >= 11 is 0. The van der Waals surface area contributed by atoms with Gasteiger partial charge in [-0.15, -0.1) is 0 Å². The Hall–Kier alpha value is -0.290. The van der Waals surface area contributed by atoms with Gasteiger partial charge in [0.2, 0.25) is 0 Å². The molecule has 12 heavy (non-hydrogen) atoms. The first kappa shape index (κ1) is 9.80. The third kappa shape index (κ3) is 1.43. The van der Waals surface area contributed by atoms with E-state index < -0.39 is 24.3 Å². The van der Waals surface area contributed by atoms with Crippen LogP contribution >= 0.6 is 0 Å². The number of hydrogen-bond acceptors (Lipinski definition) is 2. The standard InChI is InChI=1S/C7H11F3O2/c8-7(9,10)6(4-11)2-1-5(12)3-6/h5,11-12H,1-4H2/t5-,6-/m0/s1. The maximum absolute atomic E-state index is 12.3. The number of halogens is 3. The normalized spacial score (nSPS) is 37.2. The molecule has 1 aliphatic rings. The molecule has 0 bridgehead atoms. The van der Waals surface area contributed by atoms with Crippen LogP contribution in [0.1, 0.15) is 19.3 Å². The summed E-state index contributed by atoms with van der Waals surface area (Å²) in [7, 11) is 0. The van der Waals surface area contributed by atoms with E-state index in [-0.39, 0.29) is 19.3 Å². The Kier molecular flexibility index (Phi) is 2.35. The van der Waals surface area contributed by atoms with Crippen LogP contribution in [0, 0.1) is 5.41 Å². The van der Waals surface area contributed by atoms with Gasteiger partial charge in [-0.05, 0) is 19.3 Å². The number of alkyl halides is 3. The average molecular weight is 184 g/mol. The van der Waals surface area contributed by atoms with Gasteiger partial charge in [0, 0.05) is 0 Å². The fraction of sp³-hybridized carbons (Fsp3) is 1.00. The first-order chi connectivity index (χ1) is 5.41. The first-order valence-electron chi connectivity index (χ1n) is 3.77. The van der Waals surface area contributed by atoms with Crippen LogP contribution in [0.3, 0.4) is 0 Å². The van der Waals surface area contributed by atoms with E-state index in [1.165, 1.54) is 0 Å². The molecule has 2 atom stereocenters. The van der Waals surface area contributed by atoms with E-state index in [1.54, 1.807) is 0 Å². The van der Waals surface area contributed by atoms with Gasteiger partial charge in [0.25, 0.3) is 0 Å². The molecule has 1 saturated carbocycles. The lowest BCUT2D eigenvalue weighted by atomic mass is 9.86. The molecule has 1 aliphatic carbocycles. The molecule has 2 nitrogen and oxygen atoms in total. The molecule has 0 radical (unpaired) electrons. The molecule has 0 saturated heterocycles. The minimum atomic E-state index is -4.40. The quantitative estimate of drug-likeness (QED) is 0.640. The Morgan fingerprint density at radius 1 is 1.42 bits per heavy atom. The Morgan fingerprint density at radius 3 is 2.17 bits per heavy atom. The molecule has 0 unspecified atom stereocenters. The number of rotatable bonds is 1. The highest BCUT2D eigenvalue weighted by Gasteiger charge is 2.57. The van der Waals surface area contributed by atoms with Crippen molar-refractivity contribution < 1.29 is 23.4 Å². The predicted molar refractivity (Wildman–Crippen MR) is 35.4 cm³/mol. The second kappa shape index (κ2) is 2.88. The summed E-state index contributed by atoms with van der Waals surface area (Å²) in [6.45, 7) is -0.923. The van der Waals surface area contributed by atoms with Crippen molar-refractivity contribution in [2.75, 3.05) is 6.61 Å². The van der Waals surface area contributed by atoms with Crippen molar-refractivity contribution in [1.82, 2.24) is 0 Å². The number of aliphatic hydroxyl groups excluding tert-OH is 2. The lowest BCUT2D eigenvalue weighted by molar-refractivity contribution is -0.235. The molecule has 0 amide bonds. The van der Waals surface area contributed by atoms with Crippen LogP contribution in [-0.2, 0) is 0 Å². The molecule has 5 heteroatoms. The average Bonchev–Trinajstić information content (AvgIpc) is 2.31. The van der Waals surface area contributed by atoms with Gasteiger partial charge >= 0.3 is 6.18 Å². The van der Waals surface area contributed by atoms with Crippen LogP contribution in [0.2, 0.25) is 0 Å². The third-order valence-electron chi connectivity index (χ3n) is 2.49. The number of aliphatic hydroxyl groups is 2. The molecule has 1 rings (SSSR count). The second-order valence-electron chi connectivity index (χ2n) is 3.33. The van der Waals surface area contributed by atoms with Crippen molar-refractivity contribution in [3.05, 3.63) is 0 Å². The van der Waals surface area contributed by atoms with Crippen LogP contribution in [0.15, 0.2) is 0 Å². The summed E-state index contributed by atoms with van der Waals surface area (Å²) in [5, 5.41) is 17.6. The van der Waals surface area contributed by atoms with E-state index in [1.807, 2.05) is 0 Å². The highest BCUT2D eigenvalue weighted by molar-refractivity contribution is 4.94. The predicted octanol–water partition coefficient (Wildman–Crippen LogP) is 1.07. The molecule has 1 fully saturated rings. The largest absolute Gasteiger partial charge is 0.396 e. The molecule has 0 heterocycles. The topological polar surface area (TPSA) is 40.5 Å². The molecule has 0 spiro atoms. The summed E-state index contributed by atoms with van der Waals surface area (Å²) in [4.78, 5) is 0. The van der Waals surface area contributed by atoms with Gasteiger partial charge in [-0.3, -0.25) is 0 Å². The fourth-order valence-electron chi connectivity index (χ4n) is 1.59. The van der Waals surface area contributed by atoms with E-state index in [4.69, 9.17) is 10.2 Å². The minimum absolute atomic E-state index is 0.125. The van der Waals surface area contributed by atoms with Gasteiger partial charge in [-0.2, -0.15) is 13.2 Å². The summed E-state index contributed by atoms with van der Waals surface area (Å²) in [5.74, 6) is 0.